The Hall–Kier alpha value is -1.03. The van der Waals surface area contributed by atoms with Crippen LogP contribution < -0.4 is 10.6 Å². The molecule has 1 aliphatic carbocycles. The Kier molecular flexibility index (Phi) is 3.29. The fourth-order valence-corrected chi connectivity index (χ4v) is 3.68. The van der Waals surface area contributed by atoms with Crippen LogP contribution in [0.4, 0.5) is 5.95 Å². The second-order valence-electron chi connectivity index (χ2n) is 5.84. The molecule has 0 bridgehead atoms. The number of aryl methyl sites for hydroxylation is 1. The van der Waals surface area contributed by atoms with Crippen LogP contribution >= 0.6 is 0 Å². The minimum Gasteiger partial charge on any atom is -0.342 e. The lowest BCUT2D eigenvalue weighted by atomic mass is 9.78. The van der Waals surface area contributed by atoms with Crippen molar-refractivity contribution in [2.45, 2.75) is 45.2 Å². The quantitative estimate of drug-likeness (QED) is 0.888. The fourth-order valence-electron chi connectivity index (χ4n) is 3.68. The highest BCUT2D eigenvalue weighted by Crippen LogP contribution is 2.37. The first kappa shape index (κ1) is 12.0. The summed E-state index contributed by atoms with van der Waals surface area (Å²) in [4.78, 5) is 7.00. The first-order chi connectivity index (χ1) is 8.79. The first-order valence-electron chi connectivity index (χ1n) is 7.31. The number of rotatable bonds is 3. The average molecular weight is 248 g/mol. The molecule has 0 aromatic carbocycles. The second kappa shape index (κ2) is 4.92. The van der Waals surface area contributed by atoms with Crippen LogP contribution in [0.15, 0.2) is 12.4 Å². The van der Waals surface area contributed by atoms with E-state index in [-0.39, 0.29) is 0 Å². The maximum Gasteiger partial charge on any atom is 0.205 e. The molecule has 1 saturated carbocycles. The molecule has 3 rings (SSSR count). The largest absolute Gasteiger partial charge is 0.342 e. The van der Waals surface area contributed by atoms with E-state index in [1.54, 1.807) is 0 Å². The molecule has 1 aliphatic heterocycles. The van der Waals surface area contributed by atoms with Crippen molar-refractivity contribution in [3.8, 4) is 0 Å². The number of nitrogens with zero attached hydrogens (tertiary/aromatic N) is 3. The summed E-state index contributed by atoms with van der Waals surface area (Å²) in [6.45, 7) is 5.53. The van der Waals surface area contributed by atoms with Gasteiger partial charge in [0.2, 0.25) is 5.95 Å². The van der Waals surface area contributed by atoms with E-state index in [0.717, 1.165) is 37.9 Å². The van der Waals surface area contributed by atoms with Crippen molar-refractivity contribution in [3.05, 3.63) is 12.4 Å². The Bertz CT molecular complexity index is 400. The predicted molar refractivity (Wildman–Crippen MR) is 73.5 cm³/mol. The van der Waals surface area contributed by atoms with Crippen molar-refractivity contribution in [1.82, 2.24) is 9.55 Å². The maximum absolute atomic E-state index is 6.28. The molecule has 3 atom stereocenters. The zero-order valence-electron chi connectivity index (χ0n) is 11.3. The zero-order chi connectivity index (χ0) is 12.5. The highest BCUT2D eigenvalue weighted by Gasteiger charge is 2.39. The molecule has 3 unspecified atom stereocenters. The number of fused-ring (bicyclic) bond motifs is 1. The van der Waals surface area contributed by atoms with E-state index in [1.807, 2.05) is 6.20 Å². The molecule has 1 saturated heterocycles. The highest BCUT2D eigenvalue weighted by atomic mass is 15.3. The topological polar surface area (TPSA) is 47.1 Å². The van der Waals surface area contributed by atoms with Gasteiger partial charge >= 0.3 is 0 Å². The van der Waals surface area contributed by atoms with Crippen molar-refractivity contribution in [1.29, 1.82) is 0 Å². The van der Waals surface area contributed by atoms with Crippen LogP contribution in [0.25, 0.3) is 0 Å². The molecule has 2 N–H and O–H groups in total. The summed E-state index contributed by atoms with van der Waals surface area (Å²) in [6, 6.07) is 0.406. The van der Waals surface area contributed by atoms with Gasteiger partial charge < -0.3 is 15.2 Å². The lowest BCUT2D eigenvalue weighted by Crippen LogP contribution is -2.38. The lowest BCUT2D eigenvalue weighted by Gasteiger charge is -2.29. The predicted octanol–water partition coefficient (Wildman–Crippen LogP) is 1.86. The van der Waals surface area contributed by atoms with E-state index in [1.165, 1.54) is 19.3 Å². The van der Waals surface area contributed by atoms with Gasteiger partial charge in [0.15, 0.2) is 0 Å². The van der Waals surface area contributed by atoms with Gasteiger partial charge in [-0.25, -0.2) is 4.98 Å². The number of hydrogen-bond donors (Lipinski definition) is 1. The molecule has 1 aromatic heterocycles. The van der Waals surface area contributed by atoms with Gasteiger partial charge in [-0.15, -0.1) is 0 Å². The van der Waals surface area contributed by atoms with Crippen LogP contribution in [-0.4, -0.2) is 28.7 Å². The summed E-state index contributed by atoms with van der Waals surface area (Å²) in [5, 5.41) is 0. The summed E-state index contributed by atoms with van der Waals surface area (Å²) >= 11 is 0. The summed E-state index contributed by atoms with van der Waals surface area (Å²) in [5.41, 5.74) is 6.28. The van der Waals surface area contributed by atoms with Crippen LogP contribution in [0.3, 0.4) is 0 Å². The number of hydrogen-bond acceptors (Lipinski definition) is 3. The van der Waals surface area contributed by atoms with E-state index in [9.17, 15) is 0 Å². The van der Waals surface area contributed by atoms with Crippen LogP contribution in [0.5, 0.6) is 0 Å². The summed E-state index contributed by atoms with van der Waals surface area (Å²) in [6.07, 6.45) is 9.04. The van der Waals surface area contributed by atoms with Gasteiger partial charge in [-0.3, -0.25) is 0 Å². The number of anilines is 1. The molecule has 100 valence electrons. The minimum atomic E-state index is 0.406. The van der Waals surface area contributed by atoms with Crippen LogP contribution in [0, 0.1) is 11.8 Å². The van der Waals surface area contributed by atoms with Crippen LogP contribution in [0.1, 0.15) is 32.6 Å². The smallest absolute Gasteiger partial charge is 0.205 e. The molecule has 18 heavy (non-hydrogen) atoms. The van der Waals surface area contributed by atoms with Crippen molar-refractivity contribution in [2.75, 3.05) is 18.0 Å². The third-order valence-corrected chi connectivity index (χ3v) is 4.59. The Morgan fingerprint density at radius 2 is 2.28 bits per heavy atom. The Morgan fingerprint density at radius 1 is 1.39 bits per heavy atom. The molecular weight excluding hydrogens is 224 g/mol. The van der Waals surface area contributed by atoms with Crippen molar-refractivity contribution in [3.63, 3.8) is 0 Å². The molecule has 0 amide bonds. The average Bonchev–Trinajstić information content (AvgIpc) is 2.95. The summed E-state index contributed by atoms with van der Waals surface area (Å²) < 4.78 is 2.28. The van der Waals surface area contributed by atoms with Gasteiger partial charge in [0.05, 0.1) is 0 Å². The fraction of sp³-hybridized carbons (Fsp3) is 0.786. The van der Waals surface area contributed by atoms with Gasteiger partial charge in [0.1, 0.15) is 0 Å². The Labute approximate surface area is 109 Å². The standard InChI is InChI=1S/C14H24N4/c1-2-7-17-8-6-16-14(17)18-9-11-4-3-5-13(15)12(11)10-18/h6,8,11-13H,2-5,7,9-10,15H2,1H3. The third-order valence-electron chi connectivity index (χ3n) is 4.59. The number of aromatic nitrogens is 2. The monoisotopic (exact) mass is 248 g/mol. The van der Waals surface area contributed by atoms with Gasteiger partial charge in [-0.2, -0.15) is 0 Å². The molecule has 4 nitrogen and oxygen atoms in total. The van der Waals surface area contributed by atoms with E-state index < -0.39 is 0 Å². The van der Waals surface area contributed by atoms with Crippen molar-refractivity contribution in [2.24, 2.45) is 17.6 Å². The lowest BCUT2D eigenvalue weighted by molar-refractivity contribution is 0.260. The van der Waals surface area contributed by atoms with E-state index in [4.69, 9.17) is 5.73 Å². The molecule has 2 aliphatic rings. The second-order valence-corrected chi connectivity index (χ2v) is 5.84. The molecule has 0 radical (unpaired) electrons. The van der Waals surface area contributed by atoms with E-state index >= 15 is 0 Å². The van der Waals surface area contributed by atoms with Crippen LogP contribution in [-0.2, 0) is 6.54 Å². The number of imidazole rings is 1. The normalized spacial score (nSPS) is 31.7. The van der Waals surface area contributed by atoms with Crippen LogP contribution in [0.2, 0.25) is 0 Å². The van der Waals surface area contributed by atoms with Gasteiger partial charge in [0.25, 0.3) is 0 Å². The van der Waals surface area contributed by atoms with Crippen molar-refractivity contribution < 1.29 is 0 Å². The van der Waals surface area contributed by atoms with E-state index in [2.05, 4.69) is 27.6 Å². The van der Waals surface area contributed by atoms with Crippen molar-refractivity contribution >= 4 is 5.95 Å². The van der Waals surface area contributed by atoms with Gasteiger partial charge in [-0.1, -0.05) is 13.3 Å². The summed E-state index contributed by atoms with van der Waals surface area (Å²) in [7, 11) is 0. The number of nitrogens with two attached hydrogens (primary N) is 1. The van der Waals surface area contributed by atoms with Gasteiger partial charge in [0, 0.05) is 38.1 Å². The Balaban J connectivity index is 1.76. The van der Waals surface area contributed by atoms with E-state index in [0.29, 0.717) is 12.0 Å². The third kappa shape index (κ3) is 2.03. The molecule has 4 heteroatoms. The maximum atomic E-state index is 6.28. The molecule has 1 aromatic rings. The zero-order valence-corrected chi connectivity index (χ0v) is 11.3. The molecule has 2 fully saturated rings. The van der Waals surface area contributed by atoms with Gasteiger partial charge in [-0.05, 0) is 31.1 Å². The minimum absolute atomic E-state index is 0.406. The summed E-state index contributed by atoms with van der Waals surface area (Å²) in [5.74, 6) is 2.63. The SMILES string of the molecule is CCCn1ccnc1N1CC2CCCC(N)C2C1. The molecular formula is C14H24N4. The first-order valence-corrected chi connectivity index (χ1v) is 7.31. The Morgan fingerprint density at radius 3 is 3.06 bits per heavy atom. The molecule has 0 spiro atoms. The molecule has 2 heterocycles. The highest BCUT2D eigenvalue weighted by molar-refractivity contribution is 5.34.